The van der Waals surface area contributed by atoms with E-state index in [4.69, 9.17) is 10.5 Å². The summed E-state index contributed by atoms with van der Waals surface area (Å²) in [6.07, 6.45) is -0.213. The van der Waals surface area contributed by atoms with Gasteiger partial charge in [0.2, 0.25) is 0 Å². The number of nitrogens with two attached hydrogens (primary N) is 1. The van der Waals surface area contributed by atoms with E-state index in [1.807, 2.05) is 6.92 Å². The molecule has 0 spiro atoms. The lowest BCUT2D eigenvalue weighted by Gasteiger charge is -2.18. The monoisotopic (exact) mass is 282 g/mol. The van der Waals surface area contributed by atoms with Crippen LogP contribution in [0.5, 0.6) is 5.75 Å². The summed E-state index contributed by atoms with van der Waals surface area (Å²) in [6, 6.07) is 4.26. The largest absolute Gasteiger partial charge is 0.480 e. The lowest BCUT2D eigenvalue weighted by Crippen LogP contribution is -2.33. The summed E-state index contributed by atoms with van der Waals surface area (Å²) in [6.45, 7) is 7.31. The zero-order valence-corrected chi connectivity index (χ0v) is 12.3. The lowest BCUT2D eigenvalue weighted by atomic mass is 10.1. The summed E-state index contributed by atoms with van der Waals surface area (Å²) < 4.78 is 18.9. The molecular formula is C15H23FN2O2. The Balaban J connectivity index is 2.81. The number of hydrogen-bond donors (Lipinski definition) is 2. The lowest BCUT2D eigenvalue weighted by molar-refractivity contribution is -0.124. The highest BCUT2D eigenvalue weighted by atomic mass is 19.1. The predicted molar refractivity (Wildman–Crippen MR) is 76.8 cm³/mol. The Morgan fingerprint density at radius 1 is 1.45 bits per heavy atom. The SMILES string of the molecule is CCC(Oc1ccc(F)cc1CNCC(C)C)C(N)=O. The number of halogens is 1. The molecule has 0 fully saturated rings. The number of hydrogen-bond acceptors (Lipinski definition) is 3. The molecular weight excluding hydrogens is 259 g/mol. The fraction of sp³-hybridized carbons (Fsp3) is 0.533. The Bertz CT molecular complexity index is 449. The van der Waals surface area contributed by atoms with Crippen molar-refractivity contribution >= 4 is 5.91 Å². The molecule has 1 unspecified atom stereocenters. The van der Waals surface area contributed by atoms with Crippen LogP contribution in [0, 0.1) is 11.7 Å². The second kappa shape index (κ2) is 7.85. The topological polar surface area (TPSA) is 64.3 Å². The van der Waals surface area contributed by atoms with Crippen molar-refractivity contribution in [3.8, 4) is 5.75 Å². The third-order valence-electron chi connectivity index (χ3n) is 2.85. The molecule has 0 aromatic heterocycles. The van der Waals surface area contributed by atoms with Crippen LogP contribution in [-0.2, 0) is 11.3 Å². The smallest absolute Gasteiger partial charge is 0.258 e. The molecule has 20 heavy (non-hydrogen) atoms. The molecule has 0 aliphatic rings. The van der Waals surface area contributed by atoms with Gasteiger partial charge in [-0.25, -0.2) is 4.39 Å². The van der Waals surface area contributed by atoms with Gasteiger partial charge in [0.05, 0.1) is 0 Å². The summed E-state index contributed by atoms with van der Waals surface area (Å²) >= 11 is 0. The average molecular weight is 282 g/mol. The summed E-state index contributed by atoms with van der Waals surface area (Å²) in [5.41, 5.74) is 5.95. The van der Waals surface area contributed by atoms with Crippen molar-refractivity contribution in [2.75, 3.05) is 6.54 Å². The maximum Gasteiger partial charge on any atom is 0.258 e. The van der Waals surface area contributed by atoms with Gasteiger partial charge in [-0.15, -0.1) is 0 Å². The Hall–Kier alpha value is -1.62. The van der Waals surface area contributed by atoms with Gasteiger partial charge in [0.1, 0.15) is 11.6 Å². The number of primary amides is 1. The maximum absolute atomic E-state index is 13.3. The van der Waals surface area contributed by atoms with Crippen molar-refractivity contribution in [3.63, 3.8) is 0 Å². The number of amides is 1. The molecule has 1 atom stereocenters. The predicted octanol–water partition coefficient (Wildman–Crippen LogP) is 2.21. The minimum Gasteiger partial charge on any atom is -0.480 e. The van der Waals surface area contributed by atoms with Crippen LogP contribution in [-0.4, -0.2) is 18.6 Å². The number of rotatable bonds is 8. The fourth-order valence-electron chi connectivity index (χ4n) is 1.79. The first-order chi connectivity index (χ1) is 9.43. The van der Waals surface area contributed by atoms with Crippen molar-refractivity contribution in [1.82, 2.24) is 5.32 Å². The maximum atomic E-state index is 13.3. The zero-order chi connectivity index (χ0) is 15.1. The van der Waals surface area contributed by atoms with Crippen LogP contribution in [0.4, 0.5) is 4.39 Å². The standard InChI is InChI=1S/C15H23FN2O2/c1-4-13(15(17)19)20-14-6-5-12(16)7-11(14)9-18-8-10(2)3/h5-7,10,13,18H,4,8-9H2,1-3H3,(H2,17,19). The number of carbonyl (C=O) groups excluding carboxylic acids is 1. The van der Waals surface area contributed by atoms with Gasteiger partial charge in [-0.1, -0.05) is 20.8 Å². The second-order valence-electron chi connectivity index (χ2n) is 5.19. The number of nitrogens with one attached hydrogen (secondary N) is 1. The van der Waals surface area contributed by atoms with Gasteiger partial charge in [-0.05, 0) is 37.1 Å². The van der Waals surface area contributed by atoms with Crippen LogP contribution in [0.3, 0.4) is 0 Å². The van der Waals surface area contributed by atoms with E-state index in [9.17, 15) is 9.18 Å². The normalized spacial score (nSPS) is 12.4. The highest BCUT2D eigenvalue weighted by Crippen LogP contribution is 2.21. The minimum atomic E-state index is -0.690. The highest BCUT2D eigenvalue weighted by molar-refractivity contribution is 5.79. The van der Waals surface area contributed by atoms with Gasteiger partial charge in [0.15, 0.2) is 6.10 Å². The fourth-order valence-corrected chi connectivity index (χ4v) is 1.79. The Labute approximate surface area is 119 Å². The molecule has 0 aliphatic carbocycles. The van der Waals surface area contributed by atoms with E-state index >= 15 is 0 Å². The zero-order valence-electron chi connectivity index (χ0n) is 12.3. The first kappa shape index (κ1) is 16.4. The van der Waals surface area contributed by atoms with Crippen molar-refractivity contribution in [2.45, 2.75) is 39.8 Å². The van der Waals surface area contributed by atoms with E-state index in [1.54, 1.807) is 0 Å². The van der Waals surface area contributed by atoms with E-state index in [-0.39, 0.29) is 5.82 Å². The van der Waals surface area contributed by atoms with Crippen LogP contribution in [0.2, 0.25) is 0 Å². The highest BCUT2D eigenvalue weighted by Gasteiger charge is 2.16. The van der Waals surface area contributed by atoms with Crippen LogP contribution >= 0.6 is 0 Å². The average Bonchev–Trinajstić information content (AvgIpc) is 2.37. The van der Waals surface area contributed by atoms with E-state index in [2.05, 4.69) is 19.2 Å². The van der Waals surface area contributed by atoms with Crippen molar-refractivity contribution in [3.05, 3.63) is 29.6 Å². The minimum absolute atomic E-state index is 0.328. The van der Waals surface area contributed by atoms with Gasteiger partial charge < -0.3 is 15.8 Å². The number of benzene rings is 1. The van der Waals surface area contributed by atoms with Crippen LogP contribution in [0.15, 0.2) is 18.2 Å². The van der Waals surface area contributed by atoms with Crippen LogP contribution in [0.1, 0.15) is 32.8 Å². The van der Waals surface area contributed by atoms with Crippen LogP contribution < -0.4 is 15.8 Å². The summed E-state index contributed by atoms with van der Waals surface area (Å²) in [7, 11) is 0. The van der Waals surface area contributed by atoms with E-state index < -0.39 is 12.0 Å². The molecule has 5 heteroatoms. The molecule has 0 aliphatic heterocycles. The molecule has 112 valence electrons. The molecule has 0 saturated heterocycles. The third-order valence-corrected chi connectivity index (χ3v) is 2.85. The van der Waals surface area contributed by atoms with Gasteiger partial charge in [-0.2, -0.15) is 0 Å². The Morgan fingerprint density at radius 2 is 2.15 bits per heavy atom. The Kier molecular flexibility index (Phi) is 6.45. The van der Waals surface area contributed by atoms with Gasteiger partial charge in [-0.3, -0.25) is 4.79 Å². The molecule has 3 N–H and O–H groups in total. The molecule has 0 saturated carbocycles. The Morgan fingerprint density at radius 3 is 2.70 bits per heavy atom. The van der Waals surface area contributed by atoms with Crippen LogP contribution in [0.25, 0.3) is 0 Å². The number of ether oxygens (including phenoxy) is 1. The second-order valence-corrected chi connectivity index (χ2v) is 5.19. The van der Waals surface area contributed by atoms with E-state index in [0.717, 1.165) is 6.54 Å². The molecule has 1 aromatic carbocycles. The quantitative estimate of drug-likeness (QED) is 0.768. The molecule has 0 heterocycles. The molecule has 0 bridgehead atoms. The molecule has 1 amide bonds. The summed E-state index contributed by atoms with van der Waals surface area (Å²) in [5.74, 6) is 0.152. The van der Waals surface area contributed by atoms with Gasteiger partial charge in [0.25, 0.3) is 5.91 Å². The van der Waals surface area contributed by atoms with Crippen molar-refractivity contribution in [2.24, 2.45) is 11.7 Å². The molecule has 4 nitrogen and oxygen atoms in total. The summed E-state index contributed by atoms with van der Waals surface area (Å²) in [4.78, 5) is 11.2. The molecule has 1 rings (SSSR count). The molecule has 0 radical (unpaired) electrons. The van der Waals surface area contributed by atoms with Gasteiger partial charge >= 0.3 is 0 Å². The first-order valence-electron chi connectivity index (χ1n) is 6.89. The van der Waals surface area contributed by atoms with E-state index in [1.165, 1.54) is 18.2 Å². The third kappa shape index (κ3) is 5.17. The summed E-state index contributed by atoms with van der Waals surface area (Å²) in [5, 5.41) is 3.23. The van der Waals surface area contributed by atoms with Crippen molar-refractivity contribution in [1.29, 1.82) is 0 Å². The van der Waals surface area contributed by atoms with Gasteiger partial charge in [0, 0.05) is 12.1 Å². The molecule has 1 aromatic rings. The first-order valence-corrected chi connectivity index (χ1v) is 6.89. The number of carbonyl (C=O) groups is 1. The van der Waals surface area contributed by atoms with Crippen molar-refractivity contribution < 1.29 is 13.9 Å². The van der Waals surface area contributed by atoms with E-state index in [0.29, 0.717) is 30.2 Å².